The number of aryl methyl sites for hydroxylation is 1. The van der Waals surface area contributed by atoms with Gasteiger partial charge in [-0.2, -0.15) is 0 Å². The lowest BCUT2D eigenvalue weighted by Crippen LogP contribution is -2.45. The van der Waals surface area contributed by atoms with E-state index in [0.29, 0.717) is 30.4 Å². The van der Waals surface area contributed by atoms with E-state index in [2.05, 4.69) is 22.3 Å². The molecule has 4 rings (SSSR count). The van der Waals surface area contributed by atoms with Crippen molar-refractivity contribution in [3.63, 3.8) is 0 Å². The predicted molar refractivity (Wildman–Crippen MR) is 127 cm³/mol. The highest BCUT2D eigenvalue weighted by atomic mass is 16.3. The maximum atomic E-state index is 13.2. The first-order valence-electron chi connectivity index (χ1n) is 11.4. The lowest BCUT2D eigenvalue weighted by Gasteiger charge is -2.30. The Balaban J connectivity index is 1.55. The molecule has 0 saturated carbocycles. The molecular formula is C25H30N4O4. The number of nitrogens with zero attached hydrogens (tertiary/aromatic N) is 3. The number of nitrogens with one attached hydrogen (secondary N) is 1. The lowest BCUT2D eigenvalue weighted by atomic mass is 10.00. The van der Waals surface area contributed by atoms with Gasteiger partial charge in [0, 0.05) is 39.6 Å². The number of carbonyl (C=O) groups is 1. The molecule has 1 aromatic heterocycles. The molecule has 0 spiro atoms. The van der Waals surface area contributed by atoms with Crippen LogP contribution in [0.25, 0.3) is 10.9 Å². The molecule has 0 bridgehead atoms. The highest BCUT2D eigenvalue weighted by Gasteiger charge is 2.21. The molecule has 1 atom stereocenters. The minimum atomic E-state index is -0.860. The van der Waals surface area contributed by atoms with Crippen LogP contribution in [0, 0.1) is 0 Å². The number of β-amino-alcohol motifs (C(OH)–C–C–N with tert-alkyl or cyclic N) is 1. The van der Waals surface area contributed by atoms with Crippen molar-refractivity contribution < 1.29 is 9.90 Å². The quantitative estimate of drug-likeness (QED) is 0.536. The topological polar surface area (TPSA) is 96.6 Å². The summed E-state index contributed by atoms with van der Waals surface area (Å²) in [4.78, 5) is 40.1. The van der Waals surface area contributed by atoms with Crippen molar-refractivity contribution in [3.05, 3.63) is 80.5 Å². The minimum absolute atomic E-state index is 0.0733. The average Bonchev–Trinajstić information content (AvgIpc) is 2.83. The fourth-order valence-electron chi connectivity index (χ4n) is 4.55. The van der Waals surface area contributed by atoms with E-state index in [9.17, 15) is 19.5 Å². The monoisotopic (exact) mass is 450 g/mol. The second-order valence-corrected chi connectivity index (χ2v) is 8.55. The number of amides is 1. The molecule has 2 N–H and O–H groups in total. The van der Waals surface area contributed by atoms with Gasteiger partial charge in [0.25, 0.3) is 5.56 Å². The number of para-hydroxylation sites is 1. The zero-order valence-corrected chi connectivity index (χ0v) is 18.9. The van der Waals surface area contributed by atoms with Gasteiger partial charge < -0.3 is 10.4 Å². The molecular weight excluding hydrogens is 420 g/mol. The molecule has 0 aliphatic carbocycles. The van der Waals surface area contributed by atoms with Crippen LogP contribution in [-0.2, 0) is 30.8 Å². The largest absolute Gasteiger partial charge is 0.390 e. The second-order valence-electron chi connectivity index (χ2n) is 8.55. The number of rotatable bonds is 8. The molecule has 1 aliphatic rings. The van der Waals surface area contributed by atoms with Gasteiger partial charge in [0.05, 0.1) is 23.6 Å². The number of fused-ring (bicyclic) bond motifs is 2. The summed E-state index contributed by atoms with van der Waals surface area (Å²) < 4.78 is 2.66. The van der Waals surface area contributed by atoms with Crippen LogP contribution >= 0.6 is 0 Å². The summed E-state index contributed by atoms with van der Waals surface area (Å²) in [6.45, 7) is 2.18. The van der Waals surface area contributed by atoms with Crippen molar-refractivity contribution in [2.24, 2.45) is 0 Å². The maximum Gasteiger partial charge on any atom is 0.331 e. The predicted octanol–water partition coefficient (Wildman–Crippen LogP) is 1.11. The van der Waals surface area contributed by atoms with Gasteiger partial charge in [-0.05, 0) is 36.1 Å². The van der Waals surface area contributed by atoms with E-state index in [1.807, 2.05) is 12.1 Å². The zero-order chi connectivity index (χ0) is 23.4. The Morgan fingerprint density at radius 3 is 2.55 bits per heavy atom. The average molecular weight is 451 g/mol. The first-order chi connectivity index (χ1) is 16.0. The second kappa shape index (κ2) is 10.1. The van der Waals surface area contributed by atoms with Crippen molar-refractivity contribution in [3.8, 4) is 0 Å². The third-order valence-corrected chi connectivity index (χ3v) is 6.27. The van der Waals surface area contributed by atoms with Crippen molar-refractivity contribution >= 4 is 16.8 Å². The van der Waals surface area contributed by atoms with Gasteiger partial charge in [0.1, 0.15) is 0 Å². The third-order valence-electron chi connectivity index (χ3n) is 6.27. The summed E-state index contributed by atoms with van der Waals surface area (Å²) in [6, 6.07) is 15.2. The van der Waals surface area contributed by atoms with E-state index < -0.39 is 17.4 Å². The van der Waals surface area contributed by atoms with E-state index in [1.54, 1.807) is 31.3 Å². The van der Waals surface area contributed by atoms with Gasteiger partial charge in [0.15, 0.2) is 0 Å². The van der Waals surface area contributed by atoms with Crippen molar-refractivity contribution in [2.45, 2.75) is 45.0 Å². The Morgan fingerprint density at radius 1 is 1.03 bits per heavy atom. The highest BCUT2D eigenvalue weighted by molar-refractivity contribution is 5.78. The number of hydrogen-bond acceptors (Lipinski definition) is 5. The summed E-state index contributed by atoms with van der Waals surface area (Å²) in [5, 5.41) is 13.8. The highest BCUT2D eigenvalue weighted by Crippen LogP contribution is 2.18. The Kier molecular flexibility index (Phi) is 7.05. The van der Waals surface area contributed by atoms with Crippen molar-refractivity contribution in [1.82, 2.24) is 19.4 Å². The van der Waals surface area contributed by atoms with Crippen LogP contribution in [0.2, 0.25) is 0 Å². The normalized spacial score (nSPS) is 14.7. The molecule has 174 valence electrons. The zero-order valence-electron chi connectivity index (χ0n) is 18.9. The van der Waals surface area contributed by atoms with E-state index in [0.717, 1.165) is 24.1 Å². The number of benzene rings is 2. The molecule has 3 aromatic rings. The molecule has 1 unspecified atom stereocenters. The van der Waals surface area contributed by atoms with E-state index >= 15 is 0 Å². The molecule has 1 aliphatic heterocycles. The SMILES string of the molecule is CNC(=O)CCCn1c(=O)n(CC(O)CN2CCc3ccccc3C2)c(=O)c2ccccc21. The number of aromatic nitrogens is 2. The van der Waals surface area contributed by atoms with Gasteiger partial charge in [-0.3, -0.25) is 23.6 Å². The number of aliphatic hydroxyl groups excluding tert-OH is 1. The Morgan fingerprint density at radius 2 is 1.76 bits per heavy atom. The van der Waals surface area contributed by atoms with E-state index in [-0.39, 0.29) is 18.9 Å². The van der Waals surface area contributed by atoms with Crippen LogP contribution in [-0.4, -0.2) is 51.3 Å². The summed E-state index contributed by atoms with van der Waals surface area (Å²) in [5.41, 5.74) is 2.26. The van der Waals surface area contributed by atoms with Crippen LogP contribution in [0.4, 0.5) is 0 Å². The number of aliphatic hydroxyl groups is 1. The van der Waals surface area contributed by atoms with E-state index in [4.69, 9.17) is 0 Å². The smallest absolute Gasteiger partial charge is 0.331 e. The molecule has 2 aromatic carbocycles. The standard InChI is InChI=1S/C25H30N4O4/c1-26-23(31)11-6-13-28-22-10-5-4-9-21(22)24(32)29(25(28)33)17-20(30)16-27-14-12-18-7-2-3-8-19(18)15-27/h2-5,7-10,20,30H,6,11-17H2,1H3,(H,26,31). The fourth-order valence-corrected chi connectivity index (χ4v) is 4.55. The first-order valence-corrected chi connectivity index (χ1v) is 11.4. The summed E-state index contributed by atoms with van der Waals surface area (Å²) >= 11 is 0. The fraction of sp³-hybridized carbons (Fsp3) is 0.400. The lowest BCUT2D eigenvalue weighted by molar-refractivity contribution is -0.120. The van der Waals surface area contributed by atoms with Crippen LogP contribution < -0.4 is 16.6 Å². The van der Waals surface area contributed by atoms with Gasteiger partial charge in [0.2, 0.25) is 5.91 Å². The van der Waals surface area contributed by atoms with Crippen molar-refractivity contribution in [2.75, 3.05) is 20.1 Å². The Hall–Kier alpha value is -3.23. The summed E-state index contributed by atoms with van der Waals surface area (Å²) in [5.74, 6) is -0.0980. The van der Waals surface area contributed by atoms with Crippen LogP contribution in [0.1, 0.15) is 24.0 Å². The maximum absolute atomic E-state index is 13.2. The number of hydrogen-bond donors (Lipinski definition) is 2. The Bertz CT molecular complexity index is 1260. The van der Waals surface area contributed by atoms with Gasteiger partial charge in [-0.15, -0.1) is 0 Å². The first kappa shape index (κ1) is 22.9. The summed E-state index contributed by atoms with van der Waals surface area (Å²) in [7, 11) is 1.58. The molecule has 8 nitrogen and oxygen atoms in total. The van der Waals surface area contributed by atoms with Gasteiger partial charge >= 0.3 is 5.69 Å². The van der Waals surface area contributed by atoms with Gasteiger partial charge in [-0.1, -0.05) is 36.4 Å². The molecule has 1 amide bonds. The van der Waals surface area contributed by atoms with Crippen LogP contribution in [0.15, 0.2) is 58.1 Å². The molecule has 0 radical (unpaired) electrons. The molecule has 8 heteroatoms. The molecule has 0 fully saturated rings. The van der Waals surface area contributed by atoms with Crippen LogP contribution in [0.3, 0.4) is 0 Å². The molecule has 0 saturated heterocycles. The minimum Gasteiger partial charge on any atom is -0.390 e. The number of carbonyl (C=O) groups excluding carboxylic acids is 1. The summed E-state index contributed by atoms with van der Waals surface area (Å²) in [6.07, 6.45) is 0.811. The van der Waals surface area contributed by atoms with E-state index in [1.165, 1.54) is 15.7 Å². The van der Waals surface area contributed by atoms with Crippen molar-refractivity contribution in [1.29, 1.82) is 0 Å². The Labute approximate surface area is 192 Å². The third kappa shape index (κ3) is 5.07. The van der Waals surface area contributed by atoms with Gasteiger partial charge in [-0.25, -0.2) is 4.79 Å². The molecule has 2 heterocycles. The molecule has 33 heavy (non-hydrogen) atoms. The van der Waals surface area contributed by atoms with Crippen LogP contribution in [0.5, 0.6) is 0 Å².